The minimum Gasteiger partial charge on any atom is -0.297 e. The Morgan fingerprint density at radius 3 is 2.62 bits per heavy atom. The van der Waals surface area contributed by atoms with Crippen molar-refractivity contribution in [1.29, 1.82) is 0 Å². The molecule has 0 bridgehead atoms. The van der Waals surface area contributed by atoms with Crippen LogP contribution >= 0.6 is 11.6 Å². The molecule has 0 spiro atoms. The lowest BCUT2D eigenvalue weighted by Crippen LogP contribution is -2.40. The second-order valence-corrected chi connectivity index (χ2v) is 8.95. The maximum atomic E-state index is 13.5. The zero-order valence-corrected chi connectivity index (χ0v) is 16.0. The molecule has 1 aliphatic heterocycles. The Morgan fingerprint density at radius 1 is 1.27 bits per heavy atom. The lowest BCUT2D eigenvalue weighted by Gasteiger charge is -2.27. The van der Waals surface area contributed by atoms with Gasteiger partial charge in [0.25, 0.3) is 0 Å². The largest absolute Gasteiger partial charge is 0.297 e. The van der Waals surface area contributed by atoms with Crippen molar-refractivity contribution in [3.63, 3.8) is 0 Å². The second-order valence-electron chi connectivity index (χ2n) is 6.29. The number of rotatable bonds is 5. The topological polar surface area (TPSA) is 49.9 Å². The molecule has 0 N–H and O–H groups in total. The predicted octanol–water partition coefficient (Wildman–Crippen LogP) is 3.23. The maximum absolute atomic E-state index is 13.5. The van der Waals surface area contributed by atoms with Crippen LogP contribution in [-0.4, -0.2) is 43.7 Å². The fourth-order valence-corrected chi connectivity index (χ4v) is 5.00. The lowest BCUT2D eigenvalue weighted by molar-refractivity contribution is -0.110. The van der Waals surface area contributed by atoms with Crippen LogP contribution in [0.1, 0.15) is 17.2 Å². The number of sulfonamides is 1. The first kappa shape index (κ1) is 19.3. The predicted molar refractivity (Wildman–Crippen MR) is 98.5 cm³/mol. The molecular formula is C18H20ClFN2O3S. The fraction of sp³-hybridized carbons (Fsp3) is 0.333. The van der Waals surface area contributed by atoms with E-state index in [0.29, 0.717) is 5.56 Å². The molecule has 2 aromatic rings. The molecule has 1 fully saturated rings. The van der Waals surface area contributed by atoms with Crippen molar-refractivity contribution in [2.24, 2.45) is 0 Å². The number of hydrogen-bond acceptors (Lipinski definition) is 4. The van der Waals surface area contributed by atoms with E-state index in [1.807, 2.05) is 30.3 Å². The summed E-state index contributed by atoms with van der Waals surface area (Å²) < 4.78 is 41.1. The Bertz CT molecular complexity index is 879. The highest BCUT2D eigenvalue weighted by Crippen LogP contribution is 2.36. The van der Waals surface area contributed by atoms with Crippen molar-refractivity contribution in [3.05, 3.63) is 70.5 Å². The molecule has 1 saturated heterocycles. The molecule has 1 aliphatic rings. The summed E-state index contributed by atoms with van der Waals surface area (Å²) in [6, 6.07) is 13.0. The van der Waals surface area contributed by atoms with Gasteiger partial charge in [-0.1, -0.05) is 48.0 Å². The number of hydroxylamine groups is 2. The van der Waals surface area contributed by atoms with Gasteiger partial charge >= 0.3 is 0 Å². The van der Waals surface area contributed by atoms with Gasteiger partial charge in [0.05, 0.1) is 17.7 Å². The second kappa shape index (κ2) is 7.62. The first-order valence-electron chi connectivity index (χ1n) is 8.10. The Balaban J connectivity index is 1.88. The van der Waals surface area contributed by atoms with Crippen LogP contribution in [0.5, 0.6) is 0 Å². The summed E-state index contributed by atoms with van der Waals surface area (Å²) in [5.41, 5.74) is 1.49. The van der Waals surface area contributed by atoms with Crippen LogP contribution in [0.2, 0.25) is 5.02 Å². The van der Waals surface area contributed by atoms with Crippen molar-refractivity contribution in [3.8, 4) is 0 Å². The number of hydrogen-bond donors (Lipinski definition) is 0. The summed E-state index contributed by atoms with van der Waals surface area (Å²) in [5.74, 6) is -0.544. The first-order valence-corrected chi connectivity index (χ1v) is 9.98. The molecule has 140 valence electrons. The van der Waals surface area contributed by atoms with E-state index in [2.05, 4.69) is 0 Å². The third-order valence-electron chi connectivity index (χ3n) is 4.54. The molecule has 0 radical (unpaired) electrons. The van der Waals surface area contributed by atoms with E-state index in [4.69, 9.17) is 16.4 Å². The summed E-state index contributed by atoms with van der Waals surface area (Å²) in [4.78, 5) is 5.48. The number of benzene rings is 2. The maximum Gasteiger partial charge on any atom is 0.221 e. The molecule has 2 aromatic carbocycles. The highest BCUT2D eigenvalue weighted by molar-refractivity contribution is 7.89. The molecule has 0 aliphatic carbocycles. The average molecular weight is 399 g/mol. The molecular weight excluding hydrogens is 379 g/mol. The molecule has 3 rings (SSSR count). The molecule has 0 saturated carbocycles. The van der Waals surface area contributed by atoms with Crippen LogP contribution in [-0.2, 0) is 21.4 Å². The highest BCUT2D eigenvalue weighted by Gasteiger charge is 2.45. The van der Waals surface area contributed by atoms with Crippen molar-refractivity contribution < 1.29 is 17.6 Å². The van der Waals surface area contributed by atoms with Crippen molar-refractivity contribution in [2.45, 2.75) is 17.8 Å². The quantitative estimate of drug-likeness (QED) is 0.776. The van der Waals surface area contributed by atoms with Crippen LogP contribution in [0.3, 0.4) is 0 Å². The van der Waals surface area contributed by atoms with Crippen molar-refractivity contribution >= 4 is 21.6 Å². The van der Waals surface area contributed by atoms with Crippen LogP contribution in [0.25, 0.3) is 0 Å². The van der Waals surface area contributed by atoms with Gasteiger partial charge in [-0.2, -0.15) is 5.06 Å². The van der Waals surface area contributed by atoms with Crippen LogP contribution in [0, 0.1) is 5.82 Å². The zero-order chi connectivity index (χ0) is 18.9. The van der Waals surface area contributed by atoms with Gasteiger partial charge < -0.3 is 0 Å². The Morgan fingerprint density at radius 2 is 1.96 bits per heavy atom. The SMILES string of the molecule is CN1OC[C@@H](S(=O)(=O)N(C)Cc2ccccc2)[C@H]1c1ccc(F)c(Cl)c1. The van der Waals surface area contributed by atoms with E-state index in [1.165, 1.54) is 27.6 Å². The minimum atomic E-state index is -3.66. The standard InChI is InChI=1S/C18H20ClFN2O3S/c1-21(11-13-6-4-3-5-7-13)26(23,24)17-12-25-22(2)18(17)14-8-9-16(20)15(19)10-14/h3-10,17-18H,11-12H2,1-2H3/t17-,18-/m1/s1. The minimum absolute atomic E-state index is 0.0254. The fourth-order valence-electron chi connectivity index (χ4n) is 3.13. The molecule has 5 nitrogen and oxygen atoms in total. The van der Waals surface area contributed by atoms with Gasteiger partial charge in [0.15, 0.2) is 0 Å². The lowest BCUT2D eigenvalue weighted by atomic mass is 10.0. The van der Waals surface area contributed by atoms with Crippen molar-refractivity contribution in [2.75, 3.05) is 20.7 Å². The first-order chi connectivity index (χ1) is 12.3. The van der Waals surface area contributed by atoms with Crippen LogP contribution in [0.15, 0.2) is 48.5 Å². The van der Waals surface area contributed by atoms with E-state index in [-0.39, 0.29) is 18.2 Å². The van der Waals surface area contributed by atoms with E-state index < -0.39 is 27.1 Å². The molecule has 2 atom stereocenters. The zero-order valence-electron chi connectivity index (χ0n) is 14.5. The average Bonchev–Trinajstić information content (AvgIpc) is 3.00. The van der Waals surface area contributed by atoms with E-state index >= 15 is 0 Å². The van der Waals surface area contributed by atoms with Crippen molar-refractivity contribution in [1.82, 2.24) is 9.37 Å². The summed E-state index contributed by atoms with van der Waals surface area (Å²) in [6.45, 7) is 0.290. The van der Waals surface area contributed by atoms with Gasteiger partial charge in [-0.25, -0.2) is 17.1 Å². The van der Waals surface area contributed by atoms with E-state index in [9.17, 15) is 12.8 Å². The third kappa shape index (κ3) is 3.77. The van der Waals surface area contributed by atoms with Gasteiger partial charge in [0, 0.05) is 20.6 Å². The normalized spacial score (nSPS) is 21.4. The molecule has 0 unspecified atom stereocenters. The number of halogens is 2. The summed E-state index contributed by atoms with van der Waals surface area (Å²) in [5, 5.41) is 0.627. The van der Waals surface area contributed by atoms with E-state index in [1.54, 1.807) is 14.1 Å². The summed E-state index contributed by atoms with van der Waals surface area (Å²) in [7, 11) is -0.448. The Hall–Kier alpha value is -1.51. The molecule has 26 heavy (non-hydrogen) atoms. The smallest absolute Gasteiger partial charge is 0.221 e. The summed E-state index contributed by atoms with van der Waals surface area (Å²) in [6.07, 6.45) is 0. The third-order valence-corrected chi connectivity index (χ3v) is 6.98. The summed E-state index contributed by atoms with van der Waals surface area (Å²) >= 11 is 5.88. The molecule has 0 amide bonds. The molecule has 0 aromatic heterocycles. The van der Waals surface area contributed by atoms with Crippen LogP contribution < -0.4 is 0 Å². The highest BCUT2D eigenvalue weighted by atomic mass is 35.5. The van der Waals surface area contributed by atoms with Crippen LogP contribution in [0.4, 0.5) is 4.39 Å². The van der Waals surface area contributed by atoms with Gasteiger partial charge in [-0.3, -0.25) is 4.84 Å². The monoisotopic (exact) mass is 398 g/mol. The number of nitrogens with zero attached hydrogens (tertiary/aromatic N) is 2. The van der Waals surface area contributed by atoms with Gasteiger partial charge in [-0.05, 0) is 23.3 Å². The Kier molecular flexibility index (Phi) is 5.64. The Labute approximate surface area is 157 Å². The van der Waals surface area contributed by atoms with Gasteiger partial charge in [0.2, 0.25) is 10.0 Å². The van der Waals surface area contributed by atoms with Gasteiger partial charge in [-0.15, -0.1) is 0 Å². The molecule has 8 heteroatoms. The van der Waals surface area contributed by atoms with Gasteiger partial charge in [0.1, 0.15) is 11.1 Å². The van der Waals surface area contributed by atoms with E-state index in [0.717, 1.165) is 5.56 Å². The molecule has 1 heterocycles.